The maximum absolute atomic E-state index is 4.20. The van der Waals surface area contributed by atoms with Crippen molar-refractivity contribution in [1.82, 2.24) is 15.3 Å². The second kappa shape index (κ2) is 4.79. The van der Waals surface area contributed by atoms with Crippen LogP contribution in [-0.2, 0) is 6.54 Å². The number of hydrogen-bond donors (Lipinski definition) is 2. The molecule has 1 aromatic rings. The van der Waals surface area contributed by atoms with Gasteiger partial charge in [-0.3, -0.25) is 0 Å². The molecule has 0 radical (unpaired) electrons. The lowest BCUT2D eigenvalue weighted by Gasteiger charge is -2.27. The summed E-state index contributed by atoms with van der Waals surface area (Å²) in [5, 5.41) is 3.61. The van der Waals surface area contributed by atoms with Crippen LogP contribution in [0.15, 0.2) is 6.20 Å². The fourth-order valence-electron chi connectivity index (χ4n) is 2.44. The van der Waals surface area contributed by atoms with Crippen LogP contribution in [0.4, 0.5) is 0 Å². The summed E-state index contributed by atoms with van der Waals surface area (Å²) >= 11 is 0. The monoisotopic (exact) mass is 207 g/mol. The smallest absolute Gasteiger partial charge is 0.103 e. The van der Waals surface area contributed by atoms with Crippen LogP contribution < -0.4 is 5.32 Å². The highest BCUT2D eigenvalue weighted by molar-refractivity contribution is 4.99. The van der Waals surface area contributed by atoms with Gasteiger partial charge in [0.1, 0.15) is 5.82 Å². The molecule has 1 heterocycles. The zero-order valence-corrected chi connectivity index (χ0v) is 9.71. The number of rotatable bonds is 3. The Hall–Kier alpha value is -0.830. The van der Waals surface area contributed by atoms with Gasteiger partial charge in [0.2, 0.25) is 0 Å². The molecular formula is C12H21N3. The van der Waals surface area contributed by atoms with Gasteiger partial charge in [0.15, 0.2) is 0 Å². The molecule has 1 saturated carbocycles. The number of hydrogen-bond acceptors (Lipinski definition) is 2. The Labute approximate surface area is 91.7 Å². The maximum Gasteiger partial charge on any atom is 0.103 e. The molecule has 2 rings (SSSR count). The normalized spacial score (nSPS) is 26.8. The molecule has 0 bridgehead atoms. The Bertz CT molecular complexity index is 306. The van der Waals surface area contributed by atoms with E-state index in [1.165, 1.54) is 31.4 Å². The average Bonchev–Trinajstić information content (AvgIpc) is 2.62. The Morgan fingerprint density at radius 2 is 2.40 bits per heavy atom. The van der Waals surface area contributed by atoms with E-state index < -0.39 is 0 Å². The molecule has 2 unspecified atom stereocenters. The van der Waals surface area contributed by atoms with E-state index in [4.69, 9.17) is 0 Å². The van der Waals surface area contributed by atoms with Gasteiger partial charge in [0.25, 0.3) is 0 Å². The van der Waals surface area contributed by atoms with Gasteiger partial charge in [-0.15, -0.1) is 0 Å². The maximum atomic E-state index is 4.20. The van der Waals surface area contributed by atoms with Crippen molar-refractivity contribution in [2.75, 3.05) is 0 Å². The third kappa shape index (κ3) is 3.06. The van der Waals surface area contributed by atoms with Crippen LogP contribution in [0.5, 0.6) is 0 Å². The van der Waals surface area contributed by atoms with Crippen LogP contribution in [0, 0.1) is 12.8 Å². The van der Waals surface area contributed by atoms with Crippen LogP contribution in [0.25, 0.3) is 0 Å². The minimum Gasteiger partial charge on any atom is -0.345 e. The van der Waals surface area contributed by atoms with E-state index in [-0.39, 0.29) is 0 Å². The highest BCUT2D eigenvalue weighted by atomic mass is 15.0. The lowest BCUT2D eigenvalue weighted by molar-refractivity contribution is 0.300. The van der Waals surface area contributed by atoms with Crippen molar-refractivity contribution in [3.63, 3.8) is 0 Å². The predicted octanol–water partition coefficient (Wildman–Crippen LogP) is 2.39. The summed E-state index contributed by atoms with van der Waals surface area (Å²) in [5.74, 6) is 1.89. The summed E-state index contributed by atoms with van der Waals surface area (Å²) in [6, 6.07) is 0.706. The minimum atomic E-state index is 0.706. The van der Waals surface area contributed by atoms with Gasteiger partial charge in [0, 0.05) is 24.5 Å². The lowest BCUT2D eigenvalue weighted by atomic mass is 9.87. The molecule has 0 aromatic carbocycles. The third-order valence-corrected chi connectivity index (χ3v) is 3.27. The molecular weight excluding hydrogens is 186 g/mol. The Balaban J connectivity index is 1.77. The number of nitrogens with zero attached hydrogens (tertiary/aromatic N) is 1. The van der Waals surface area contributed by atoms with Gasteiger partial charge in [0.05, 0.1) is 0 Å². The molecule has 3 heteroatoms. The molecule has 84 valence electrons. The first kappa shape index (κ1) is 10.7. The molecule has 2 N–H and O–H groups in total. The molecule has 15 heavy (non-hydrogen) atoms. The number of imidazole rings is 1. The molecule has 1 aliphatic carbocycles. The number of aromatic amines is 1. The summed E-state index contributed by atoms with van der Waals surface area (Å²) in [6.07, 6.45) is 7.36. The van der Waals surface area contributed by atoms with Gasteiger partial charge >= 0.3 is 0 Å². The molecule has 1 aromatic heterocycles. The van der Waals surface area contributed by atoms with Crippen LogP contribution in [-0.4, -0.2) is 16.0 Å². The summed E-state index contributed by atoms with van der Waals surface area (Å²) in [4.78, 5) is 7.45. The van der Waals surface area contributed by atoms with E-state index in [1.54, 1.807) is 0 Å². The van der Waals surface area contributed by atoms with E-state index in [0.717, 1.165) is 18.3 Å². The third-order valence-electron chi connectivity index (χ3n) is 3.27. The molecule has 0 spiro atoms. The topological polar surface area (TPSA) is 40.7 Å². The summed E-state index contributed by atoms with van der Waals surface area (Å²) in [7, 11) is 0. The first-order valence-electron chi connectivity index (χ1n) is 5.98. The SMILES string of the molecule is Cc1ncc(CNC2CCCC(C)C2)[nH]1. The van der Waals surface area contributed by atoms with Crippen molar-refractivity contribution in [2.24, 2.45) is 5.92 Å². The van der Waals surface area contributed by atoms with Crippen molar-refractivity contribution >= 4 is 0 Å². The standard InChI is InChI=1S/C12H21N3/c1-9-4-3-5-11(6-9)14-8-12-7-13-10(2)15-12/h7,9,11,14H,3-6,8H2,1-2H3,(H,13,15). The van der Waals surface area contributed by atoms with Crippen LogP contribution in [0.1, 0.15) is 44.1 Å². The van der Waals surface area contributed by atoms with Crippen LogP contribution in [0.3, 0.4) is 0 Å². The van der Waals surface area contributed by atoms with Gasteiger partial charge in [-0.1, -0.05) is 19.8 Å². The molecule has 2 atom stereocenters. The van der Waals surface area contributed by atoms with Crippen molar-refractivity contribution in [3.05, 3.63) is 17.7 Å². The molecule has 0 aliphatic heterocycles. The zero-order chi connectivity index (χ0) is 10.7. The summed E-state index contributed by atoms with van der Waals surface area (Å²) in [5.41, 5.74) is 1.20. The highest BCUT2D eigenvalue weighted by Gasteiger charge is 2.18. The van der Waals surface area contributed by atoms with Gasteiger partial charge in [-0.25, -0.2) is 4.98 Å². The van der Waals surface area contributed by atoms with Crippen LogP contribution >= 0.6 is 0 Å². The predicted molar refractivity (Wildman–Crippen MR) is 61.6 cm³/mol. The fourth-order valence-corrected chi connectivity index (χ4v) is 2.44. The first-order valence-corrected chi connectivity index (χ1v) is 5.98. The Morgan fingerprint density at radius 1 is 1.53 bits per heavy atom. The van der Waals surface area contributed by atoms with E-state index in [0.29, 0.717) is 6.04 Å². The molecule has 3 nitrogen and oxygen atoms in total. The van der Waals surface area contributed by atoms with Gasteiger partial charge in [-0.05, 0) is 25.7 Å². The zero-order valence-electron chi connectivity index (χ0n) is 9.71. The Morgan fingerprint density at radius 3 is 3.07 bits per heavy atom. The van der Waals surface area contributed by atoms with E-state index in [1.807, 2.05) is 13.1 Å². The minimum absolute atomic E-state index is 0.706. The van der Waals surface area contributed by atoms with Crippen molar-refractivity contribution in [1.29, 1.82) is 0 Å². The number of H-pyrrole nitrogens is 1. The fraction of sp³-hybridized carbons (Fsp3) is 0.750. The van der Waals surface area contributed by atoms with Crippen molar-refractivity contribution in [2.45, 2.75) is 52.1 Å². The summed E-state index contributed by atoms with van der Waals surface area (Å²) in [6.45, 7) is 5.28. The second-order valence-corrected chi connectivity index (χ2v) is 4.84. The lowest BCUT2D eigenvalue weighted by Crippen LogP contribution is -2.33. The number of aromatic nitrogens is 2. The van der Waals surface area contributed by atoms with E-state index in [9.17, 15) is 0 Å². The van der Waals surface area contributed by atoms with E-state index in [2.05, 4.69) is 22.2 Å². The number of nitrogens with one attached hydrogen (secondary N) is 2. The molecule has 1 fully saturated rings. The van der Waals surface area contributed by atoms with E-state index >= 15 is 0 Å². The average molecular weight is 207 g/mol. The second-order valence-electron chi connectivity index (χ2n) is 4.84. The largest absolute Gasteiger partial charge is 0.345 e. The first-order chi connectivity index (χ1) is 7.24. The van der Waals surface area contributed by atoms with Gasteiger partial charge in [-0.2, -0.15) is 0 Å². The van der Waals surface area contributed by atoms with Gasteiger partial charge < -0.3 is 10.3 Å². The molecule has 1 aliphatic rings. The molecule has 0 saturated heterocycles. The van der Waals surface area contributed by atoms with Crippen LogP contribution in [0.2, 0.25) is 0 Å². The Kier molecular flexibility index (Phi) is 3.41. The number of aryl methyl sites for hydroxylation is 1. The quantitative estimate of drug-likeness (QED) is 0.799. The molecule has 0 amide bonds. The summed E-state index contributed by atoms with van der Waals surface area (Å²) < 4.78 is 0. The van der Waals surface area contributed by atoms with Crippen molar-refractivity contribution in [3.8, 4) is 0 Å². The highest BCUT2D eigenvalue weighted by Crippen LogP contribution is 2.23. The van der Waals surface area contributed by atoms with Crippen molar-refractivity contribution < 1.29 is 0 Å².